The van der Waals surface area contributed by atoms with Gasteiger partial charge in [-0.25, -0.2) is 0 Å². The van der Waals surface area contributed by atoms with Crippen molar-refractivity contribution in [3.8, 4) is 0 Å². The first-order valence-electron chi connectivity index (χ1n) is 34.7. The first-order chi connectivity index (χ1) is 37.5. The predicted molar refractivity (Wildman–Crippen MR) is 330 cm³/mol. The van der Waals surface area contributed by atoms with E-state index in [0.29, 0.717) is 19.3 Å². The molecule has 6 nitrogen and oxygen atoms in total. The lowest BCUT2D eigenvalue weighted by atomic mass is 10.0. The van der Waals surface area contributed by atoms with E-state index < -0.39 is 6.10 Å². The SMILES string of the molecule is CCCC/C=C\CCCCCCCC(=O)OCC(COC(=O)CCCCCCCCCCCCCCCCCCCCCCCCCCCCCCCCC)OC(=O)CCCCCCCCCCCCCCCCCC. The third-order valence-electron chi connectivity index (χ3n) is 16.0. The molecule has 0 aliphatic rings. The van der Waals surface area contributed by atoms with Crippen molar-refractivity contribution in [2.45, 2.75) is 406 Å². The topological polar surface area (TPSA) is 78.9 Å². The van der Waals surface area contributed by atoms with Crippen molar-refractivity contribution in [2.24, 2.45) is 0 Å². The van der Waals surface area contributed by atoms with Crippen LogP contribution in [-0.4, -0.2) is 37.2 Å². The molecule has 0 heterocycles. The molecule has 0 bridgehead atoms. The van der Waals surface area contributed by atoms with Crippen molar-refractivity contribution in [1.82, 2.24) is 0 Å². The molecule has 6 heteroatoms. The quantitative estimate of drug-likeness (QED) is 0.0261. The van der Waals surface area contributed by atoms with Crippen LogP contribution in [0.25, 0.3) is 0 Å². The monoisotopic (exact) mass is 1070 g/mol. The molecular weight excluding hydrogens is 937 g/mol. The standard InChI is InChI=1S/C70H134O6/c1-4-7-10-13-16-19-22-24-26-28-29-30-31-32-33-34-35-36-37-38-39-40-41-42-44-45-48-51-54-57-60-63-69(72)75-66-67(65-74-68(71)62-59-56-53-50-47-21-18-15-12-9-6-3)76-70(73)64-61-58-55-52-49-46-43-27-25-23-20-17-14-11-8-5-2/h15,18,67H,4-14,16-17,19-66H2,1-3H3/b18-15-. The third kappa shape index (κ3) is 63.0. The molecule has 0 aliphatic heterocycles. The molecule has 0 saturated heterocycles. The second-order valence-corrected chi connectivity index (χ2v) is 23.8. The average Bonchev–Trinajstić information content (AvgIpc) is 3.42. The van der Waals surface area contributed by atoms with Gasteiger partial charge in [-0.3, -0.25) is 14.4 Å². The maximum absolute atomic E-state index is 12.9. The lowest BCUT2D eigenvalue weighted by Gasteiger charge is -2.18. The highest BCUT2D eigenvalue weighted by Gasteiger charge is 2.19. The fraction of sp³-hybridized carbons (Fsp3) is 0.929. The molecule has 450 valence electrons. The first kappa shape index (κ1) is 74.2. The van der Waals surface area contributed by atoms with Crippen molar-refractivity contribution in [3.05, 3.63) is 12.2 Å². The minimum absolute atomic E-state index is 0.0662. The minimum atomic E-state index is -0.768. The summed E-state index contributed by atoms with van der Waals surface area (Å²) in [6, 6.07) is 0. The van der Waals surface area contributed by atoms with E-state index in [2.05, 4.69) is 32.9 Å². The van der Waals surface area contributed by atoms with Crippen molar-refractivity contribution < 1.29 is 28.6 Å². The van der Waals surface area contributed by atoms with E-state index in [0.717, 1.165) is 64.2 Å². The normalized spacial score (nSPS) is 12.0. The van der Waals surface area contributed by atoms with Crippen molar-refractivity contribution in [2.75, 3.05) is 13.2 Å². The molecule has 0 fully saturated rings. The summed E-state index contributed by atoms with van der Waals surface area (Å²) >= 11 is 0. The molecule has 76 heavy (non-hydrogen) atoms. The molecule has 0 N–H and O–H groups in total. The Hall–Kier alpha value is -1.85. The van der Waals surface area contributed by atoms with Gasteiger partial charge in [0.25, 0.3) is 0 Å². The van der Waals surface area contributed by atoms with Crippen LogP contribution in [0.1, 0.15) is 400 Å². The number of ether oxygens (including phenoxy) is 3. The highest BCUT2D eigenvalue weighted by molar-refractivity contribution is 5.71. The summed E-state index contributed by atoms with van der Waals surface area (Å²) in [7, 11) is 0. The Morgan fingerprint density at radius 1 is 0.250 bits per heavy atom. The molecule has 1 atom stereocenters. The Balaban J connectivity index is 4.05. The second kappa shape index (κ2) is 65.7. The summed E-state index contributed by atoms with van der Waals surface area (Å²) in [4.78, 5) is 38.3. The van der Waals surface area contributed by atoms with Crippen LogP contribution in [0, 0.1) is 0 Å². The Morgan fingerprint density at radius 3 is 0.697 bits per heavy atom. The largest absolute Gasteiger partial charge is 0.462 e. The molecule has 0 rings (SSSR count). The molecule has 0 spiro atoms. The number of carbonyl (C=O) groups is 3. The van der Waals surface area contributed by atoms with E-state index in [-0.39, 0.29) is 31.1 Å². The van der Waals surface area contributed by atoms with Crippen LogP contribution < -0.4 is 0 Å². The molecule has 1 unspecified atom stereocenters. The van der Waals surface area contributed by atoms with E-state index in [1.54, 1.807) is 0 Å². The smallest absolute Gasteiger partial charge is 0.306 e. The number of esters is 3. The van der Waals surface area contributed by atoms with E-state index in [1.807, 2.05) is 0 Å². The molecular formula is C70H134O6. The Kier molecular flexibility index (Phi) is 64.1. The van der Waals surface area contributed by atoms with Gasteiger partial charge in [-0.05, 0) is 38.5 Å². The maximum Gasteiger partial charge on any atom is 0.306 e. The van der Waals surface area contributed by atoms with E-state index in [4.69, 9.17) is 14.2 Å². The zero-order valence-corrected chi connectivity index (χ0v) is 51.8. The number of unbranched alkanes of at least 4 members (excludes halogenated alkanes) is 52. The predicted octanol–water partition coefficient (Wildman–Crippen LogP) is 23.6. The van der Waals surface area contributed by atoms with Crippen LogP contribution >= 0.6 is 0 Å². The Morgan fingerprint density at radius 2 is 0.447 bits per heavy atom. The lowest BCUT2D eigenvalue weighted by molar-refractivity contribution is -0.167. The number of carbonyl (C=O) groups excluding carboxylic acids is 3. The second-order valence-electron chi connectivity index (χ2n) is 23.8. The average molecular weight is 1070 g/mol. The fourth-order valence-corrected chi connectivity index (χ4v) is 10.8. The number of allylic oxidation sites excluding steroid dienone is 2. The van der Waals surface area contributed by atoms with Gasteiger partial charge in [0, 0.05) is 19.3 Å². The van der Waals surface area contributed by atoms with E-state index in [9.17, 15) is 14.4 Å². The van der Waals surface area contributed by atoms with E-state index >= 15 is 0 Å². The highest BCUT2D eigenvalue weighted by Crippen LogP contribution is 2.19. The van der Waals surface area contributed by atoms with Crippen LogP contribution in [0.4, 0.5) is 0 Å². The molecule has 0 amide bonds. The molecule has 0 aliphatic carbocycles. The number of hydrogen-bond donors (Lipinski definition) is 0. The summed E-state index contributed by atoms with van der Waals surface area (Å²) in [6.07, 6.45) is 78.3. The highest BCUT2D eigenvalue weighted by atomic mass is 16.6. The van der Waals surface area contributed by atoms with E-state index in [1.165, 1.54) is 295 Å². The van der Waals surface area contributed by atoms with Gasteiger partial charge < -0.3 is 14.2 Å². The summed E-state index contributed by atoms with van der Waals surface area (Å²) in [6.45, 7) is 6.67. The van der Waals surface area contributed by atoms with Gasteiger partial charge in [0.15, 0.2) is 6.10 Å². The zero-order chi connectivity index (χ0) is 55.0. The maximum atomic E-state index is 12.9. The molecule has 0 aromatic carbocycles. The van der Waals surface area contributed by atoms with Crippen LogP contribution in [-0.2, 0) is 28.6 Å². The molecule has 0 saturated carbocycles. The van der Waals surface area contributed by atoms with Crippen LogP contribution in [0.3, 0.4) is 0 Å². The summed E-state index contributed by atoms with van der Waals surface area (Å²) < 4.78 is 16.9. The van der Waals surface area contributed by atoms with Gasteiger partial charge >= 0.3 is 17.9 Å². The molecule has 0 aromatic rings. The Labute approximate surface area is 475 Å². The van der Waals surface area contributed by atoms with Gasteiger partial charge in [-0.15, -0.1) is 0 Å². The number of hydrogen-bond acceptors (Lipinski definition) is 6. The minimum Gasteiger partial charge on any atom is -0.462 e. The van der Waals surface area contributed by atoms with Crippen molar-refractivity contribution in [1.29, 1.82) is 0 Å². The van der Waals surface area contributed by atoms with Gasteiger partial charge in [-0.2, -0.15) is 0 Å². The van der Waals surface area contributed by atoms with Gasteiger partial charge in [0.05, 0.1) is 0 Å². The van der Waals surface area contributed by atoms with Crippen molar-refractivity contribution >= 4 is 17.9 Å². The summed E-state index contributed by atoms with van der Waals surface area (Å²) in [5.74, 6) is -0.846. The van der Waals surface area contributed by atoms with Crippen molar-refractivity contribution in [3.63, 3.8) is 0 Å². The summed E-state index contributed by atoms with van der Waals surface area (Å²) in [5.41, 5.74) is 0. The van der Waals surface area contributed by atoms with Crippen LogP contribution in [0.5, 0.6) is 0 Å². The van der Waals surface area contributed by atoms with Gasteiger partial charge in [-0.1, -0.05) is 354 Å². The van der Waals surface area contributed by atoms with Crippen LogP contribution in [0.2, 0.25) is 0 Å². The molecule has 0 radical (unpaired) electrons. The first-order valence-corrected chi connectivity index (χ1v) is 34.7. The fourth-order valence-electron chi connectivity index (χ4n) is 10.8. The summed E-state index contributed by atoms with van der Waals surface area (Å²) in [5, 5.41) is 0. The zero-order valence-electron chi connectivity index (χ0n) is 51.8. The molecule has 0 aromatic heterocycles. The lowest BCUT2D eigenvalue weighted by Crippen LogP contribution is -2.30. The third-order valence-corrected chi connectivity index (χ3v) is 16.0. The van der Waals surface area contributed by atoms with Gasteiger partial charge in [0.1, 0.15) is 13.2 Å². The number of rotatable bonds is 65. The Bertz CT molecular complexity index is 1180. The van der Waals surface area contributed by atoms with Crippen LogP contribution in [0.15, 0.2) is 12.2 Å². The van der Waals surface area contributed by atoms with Gasteiger partial charge in [0.2, 0.25) is 0 Å².